The predicted molar refractivity (Wildman–Crippen MR) is 154 cm³/mol. The minimum absolute atomic E-state index is 0.0961. The number of halogens is 1. The lowest BCUT2D eigenvalue weighted by molar-refractivity contribution is -0.155. The summed E-state index contributed by atoms with van der Waals surface area (Å²) in [5.74, 6) is -0.0961. The van der Waals surface area contributed by atoms with Gasteiger partial charge >= 0.3 is 5.97 Å². The fourth-order valence-electron chi connectivity index (χ4n) is 5.35. The molecule has 3 aromatic rings. The SMILES string of the molecule is CCC(CCCN1CCN(c2ccc(-c3ccccc3Cl)cc2)CC1)(C(=O)OC(C)C)c1ccccc1. The second kappa shape index (κ2) is 12.6. The van der Waals surface area contributed by atoms with Crippen LogP contribution in [0.25, 0.3) is 11.1 Å². The fraction of sp³-hybridized carbons (Fsp3) is 0.406. The molecule has 196 valence electrons. The van der Waals surface area contributed by atoms with Crippen LogP contribution < -0.4 is 4.90 Å². The number of piperazine rings is 1. The maximum atomic E-state index is 13.3. The Balaban J connectivity index is 1.33. The molecule has 1 atom stereocenters. The number of carbonyl (C=O) groups is 1. The highest BCUT2D eigenvalue weighted by Crippen LogP contribution is 2.35. The van der Waals surface area contributed by atoms with Crippen molar-refractivity contribution in [3.8, 4) is 11.1 Å². The lowest BCUT2D eigenvalue weighted by Crippen LogP contribution is -2.47. The van der Waals surface area contributed by atoms with Gasteiger partial charge in [0.2, 0.25) is 0 Å². The van der Waals surface area contributed by atoms with Gasteiger partial charge in [-0.25, -0.2) is 0 Å². The van der Waals surface area contributed by atoms with E-state index in [4.69, 9.17) is 16.3 Å². The van der Waals surface area contributed by atoms with E-state index in [2.05, 4.69) is 59.2 Å². The van der Waals surface area contributed by atoms with Crippen LogP contribution in [0.15, 0.2) is 78.9 Å². The Bertz CT molecular complexity index is 1140. The van der Waals surface area contributed by atoms with Crippen molar-refractivity contribution in [3.05, 3.63) is 89.4 Å². The zero-order valence-electron chi connectivity index (χ0n) is 22.3. The Morgan fingerprint density at radius 3 is 2.19 bits per heavy atom. The predicted octanol–water partition coefficient (Wildman–Crippen LogP) is 7.21. The Hall–Kier alpha value is -2.82. The van der Waals surface area contributed by atoms with Gasteiger partial charge in [-0.2, -0.15) is 0 Å². The minimum Gasteiger partial charge on any atom is -0.462 e. The average molecular weight is 519 g/mol. The number of nitrogens with zero attached hydrogens (tertiary/aromatic N) is 2. The second-order valence-electron chi connectivity index (χ2n) is 10.2. The van der Waals surface area contributed by atoms with Crippen molar-refractivity contribution in [2.75, 3.05) is 37.6 Å². The van der Waals surface area contributed by atoms with Crippen molar-refractivity contribution in [3.63, 3.8) is 0 Å². The van der Waals surface area contributed by atoms with Crippen molar-refractivity contribution in [2.24, 2.45) is 0 Å². The highest BCUT2D eigenvalue weighted by molar-refractivity contribution is 6.33. The number of esters is 1. The van der Waals surface area contributed by atoms with Gasteiger partial charge in [0.05, 0.1) is 11.5 Å². The molecule has 1 aliphatic rings. The summed E-state index contributed by atoms with van der Waals surface area (Å²) in [6, 6.07) is 26.9. The third-order valence-corrected chi connectivity index (χ3v) is 7.86. The molecule has 5 heteroatoms. The molecule has 0 spiro atoms. The Labute approximate surface area is 227 Å². The third kappa shape index (κ3) is 6.55. The molecule has 37 heavy (non-hydrogen) atoms. The van der Waals surface area contributed by atoms with Crippen LogP contribution in [0.5, 0.6) is 0 Å². The van der Waals surface area contributed by atoms with Crippen LogP contribution in [0.4, 0.5) is 5.69 Å². The number of anilines is 1. The molecular formula is C32H39ClN2O2. The van der Waals surface area contributed by atoms with E-state index in [1.807, 2.05) is 50.2 Å². The molecule has 0 saturated carbocycles. The summed E-state index contributed by atoms with van der Waals surface area (Å²) in [5.41, 5.74) is 3.93. The molecule has 1 heterocycles. The first-order valence-corrected chi connectivity index (χ1v) is 13.9. The first kappa shape index (κ1) is 27.2. The van der Waals surface area contributed by atoms with Crippen LogP contribution in [0.3, 0.4) is 0 Å². The molecule has 0 radical (unpaired) electrons. The van der Waals surface area contributed by atoms with E-state index in [1.165, 1.54) is 5.69 Å². The first-order valence-electron chi connectivity index (χ1n) is 13.5. The van der Waals surface area contributed by atoms with Crippen molar-refractivity contribution in [2.45, 2.75) is 51.6 Å². The number of benzene rings is 3. The second-order valence-corrected chi connectivity index (χ2v) is 10.6. The summed E-state index contributed by atoms with van der Waals surface area (Å²) in [5, 5.41) is 0.778. The van der Waals surface area contributed by atoms with Gasteiger partial charge in [-0.05, 0) is 69.0 Å². The van der Waals surface area contributed by atoms with Crippen LogP contribution >= 0.6 is 11.6 Å². The number of ether oxygens (including phenoxy) is 1. The number of carbonyl (C=O) groups excluding carboxylic acids is 1. The van der Waals surface area contributed by atoms with Crippen LogP contribution in [0.1, 0.15) is 45.6 Å². The normalized spacial score (nSPS) is 16.0. The monoisotopic (exact) mass is 518 g/mol. The van der Waals surface area contributed by atoms with Gasteiger partial charge in [0.1, 0.15) is 0 Å². The average Bonchev–Trinajstić information content (AvgIpc) is 2.92. The standard InChI is InChI=1S/C32H39ClN2O2/c1-4-32(31(36)37-25(2)3,27-11-6-5-7-12-27)19-10-20-34-21-23-35(24-22-34)28-17-15-26(16-18-28)29-13-8-9-14-30(29)33/h5-9,11-18,25H,4,10,19-24H2,1-3H3. The number of hydrogen-bond acceptors (Lipinski definition) is 4. The molecule has 0 aliphatic carbocycles. The molecule has 1 aliphatic heterocycles. The van der Waals surface area contributed by atoms with Crippen molar-refractivity contribution >= 4 is 23.3 Å². The molecule has 1 unspecified atom stereocenters. The maximum absolute atomic E-state index is 13.3. The lowest BCUT2D eigenvalue weighted by atomic mass is 9.74. The van der Waals surface area contributed by atoms with Crippen molar-refractivity contribution < 1.29 is 9.53 Å². The summed E-state index contributed by atoms with van der Waals surface area (Å²) < 4.78 is 5.74. The first-order chi connectivity index (χ1) is 17.9. The van der Waals surface area contributed by atoms with Crippen LogP contribution in [-0.4, -0.2) is 49.7 Å². The zero-order valence-corrected chi connectivity index (χ0v) is 23.1. The summed E-state index contributed by atoms with van der Waals surface area (Å²) >= 11 is 6.37. The van der Waals surface area contributed by atoms with Gasteiger partial charge in [-0.15, -0.1) is 0 Å². The maximum Gasteiger partial charge on any atom is 0.316 e. The molecule has 0 aromatic heterocycles. The van der Waals surface area contributed by atoms with Gasteiger partial charge < -0.3 is 9.64 Å². The summed E-state index contributed by atoms with van der Waals surface area (Å²) in [6.45, 7) is 11.0. The van der Waals surface area contributed by atoms with E-state index < -0.39 is 5.41 Å². The fourth-order valence-corrected chi connectivity index (χ4v) is 5.60. The highest BCUT2D eigenvalue weighted by atomic mass is 35.5. The van der Waals surface area contributed by atoms with Crippen LogP contribution in [0, 0.1) is 0 Å². The van der Waals surface area contributed by atoms with Crippen molar-refractivity contribution in [1.29, 1.82) is 0 Å². The zero-order chi connectivity index (χ0) is 26.3. The van der Waals surface area contributed by atoms with E-state index in [-0.39, 0.29) is 12.1 Å². The molecule has 4 rings (SSSR count). The molecular weight excluding hydrogens is 480 g/mol. The molecule has 0 bridgehead atoms. The van der Waals surface area contributed by atoms with Crippen molar-refractivity contribution in [1.82, 2.24) is 4.90 Å². The topological polar surface area (TPSA) is 32.8 Å². The molecule has 1 fully saturated rings. The summed E-state index contributed by atoms with van der Waals surface area (Å²) in [7, 11) is 0. The van der Waals surface area contributed by atoms with E-state index >= 15 is 0 Å². The van der Waals surface area contributed by atoms with E-state index in [0.29, 0.717) is 0 Å². The molecule has 1 saturated heterocycles. The molecule has 3 aromatic carbocycles. The van der Waals surface area contributed by atoms with Gasteiger partial charge in [0.15, 0.2) is 0 Å². The Morgan fingerprint density at radius 2 is 1.57 bits per heavy atom. The van der Waals surface area contributed by atoms with E-state index in [1.54, 1.807) is 0 Å². The Kier molecular flexibility index (Phi) is 9.28. The quantitative estimate of drug-likeness (QED) is 0.265. The lowest BCUT2D eigenvalue weighted by Gasteiger charge is -2.37. The summed E-state index contributed by atoms with van der Waals surface area (Å²) in [4.78, 5) is 18.2. The van der Waals surface area contributed by atoms with Gasteiger partial charge in [0, 0.05) is 42.5 Å². The van der Waals surface area contributed by atoms with Gasteiger partial charge in [-0.1, -0.05) is 79.2 Å². The van der Waals surface area contributed by atoms with Crippen LogP contribution in [0.2, 0.25) is 5.02 Å². The van der Waals surface area contributed by atoms with E-state index in [0.717, 1.165) is 73.7 Å². The van der Waals surface area contributed by atoms with Crippen LogP contribution in [-0.2, 0) is 14.9 Å². The highest BCUT2D eigenvalue weighted by Gasteiger charge is 2.40. The largest absolute Gasteiger partial charge is 0.462 e. The molecule has 0 N–H and O–H groups in total. The third-order valence-electron chi connectivity index (χ3n) is 7.53. The minimum atomic E-state index is -0.587. The number of rotatable bonds is 10. The molecule has 4 nitrogen and oxygen atoms in total. The Morgan fingerprint density at radius 1 is 0.919 bits per heavy atom. The van der Waals surface area contributed by atoms with Gasteiger partial charge in [0.25, 0.3) is 0 Å². The summed E-state index contributed by atoms with van der Waals surface area (Å²) in [6.07, 6.45) is 2.38. The van der Waals surface area contributed by atoms with E-state index in [9.17, 15) is 4.79 Å². The van der Waals surface area contributed by atoms with Gasteiger partial charge in [-0.3, -0.25) is 9.69 Å². The number of hydrogen-bond donors (Lipinski definition) is 0. The molecule has 0 amide bonds. The smallest absolute Gasteiger partial charge is 0.316 e.